The van der Waals surface area contributed by atoms with Gasteiger partial charge in [0.2, 0.25) is 0 Å². The van der Waals surface area contributed by atoms with Crippen LogP contribution in [0.1, 0.15) is 0 Å². The van der Waals surface area contributed by atoms with Gasteiger partial charge in [0.15, 0.2) is 0 Å². The second-order valence-corrected chi connectivity index (χ2v) is 6.42. The minimum Gasteiger partial charge on any atom is -0.491 e. The van der Waals surface area contributed by atoms with Gasteiger partial charge in [-0.05, 0) is 61.0 Å². The first-order valence-corrected chi connectivity index (χ1v) is 9.88. The zero-order valence-electron chi connectivity index (χ0n) is 13.5. The van der Waals surface area contributed by atoms with Gasteiger partial charge in [-0.1, -0.05) is 0 Å². The molecule has 0 saturated carbocycles. The standard InChI is InChI=1S/C18H22O3S2/c1-22-17-7-3-15(4-8-17)20-13-11-19-12-14-21-16-5-9-18(23-2)10-6-16/h3-10H,11-14H2,1-2H3. The van der Waals surface area contributed by atoms with Crippen molar-refractivity contribution >= 4 is 23.5 Å². The molecular formula is C18H22O3S2. The predicted octanol–water partition coefficient (Wildman–Crippen LogP) is 4.60. The Hall–Kier alpha value is -1.30. The van der Waals surface area contributed by atoms with Crippen molar-refractivity contribution in [1.29, 1.82) is 0 Å². The molecule has 124 valence electrons. The number of rotatable bonds is 10. The van der Waals surface area contributed by atoms with E-state index in [9.17, 15) is 0 Å². The Morgan fingerprint density at radius 3 is 1.35 bits per heavy atom. The van der Waals surface area contributed by atoms with Gasteiger partial charge in [-0.3, -0.25) is 0 Å². The summed E-state index contributed by atoms with van der Waals surface area (Å²) in [6, 6.07) is 16.1. The molecule has 2 aromatic carbocycles. The Kier molecular flexibility index (Phi) is 8.21. The summed E-state index contributed by atoms with van der Waals surface area (Å²) in [7, 11) is 0. The summed E-state index contributed by atoms with van der Waals surface area (Å²) in [5.74, 6) is 1.74. The number of thioether (sulfide) groups is 2. The average molecular weight is 351 g/mol. The van der Waals surface area contributed by atoms with Gasteiger partial charge in [0.1, 0.15) is 24.7 Å². The highest BCUT2D eigenvalue weighted by molar-refractivity contribution is 7.98. The summed E-state index contributed by atoms with van der Waals surface area (Å²) in [5, 5.41) is 0. The lowest BCUT2D eigenvalue weighted by Crippen LogP contribution is -2.12. The van der Waals surface area contributed by atoms with Gasteiger partial charge in [-0.25, -0.2) is 0 Å². The summed E-state index contributed by atoms with van der Waals surface area (Å²) in [6.07, 6.45) is 4.12. The largest absolute Gasteiger partial charge is 0.491 e. The molecular weight excluding hydrogens is 328 g/mol. The van der Waals surface area contributed by atoms with Crippen LogP contribution in [-0.2, 0) is 4.74 Å². The summed E-state index contributed by atoms with van der Waals surface area (Å²) in [5.41, 5.74) is 0. The van der Waals surface area contributed by atoms with Crippen molar-refractivity contribution in [3.63, 3.8) is 0 Å². The molecule has 0 aliphatic rings. The summed E-state index contributed by atoms with van der Waals surface area (Å²) in [6.45, 7) is 2.19. The van der Waals surface area contributed by atoms with Crippen LogP contribution in [0.3, 0.4) is 0 Å². The molecule has 0 amide bonds. The van der Waals surface area contributed by atoms with Crippen molar-refractivity contribution in [3.05, 3.63) is 48.5 Å². The number of hydrogen-bond acceptors (Lipinski definition) is 5. The van der Waals surface area contributed by atoms with E-state index >= 15 is 0 Å². The Morgan fingerprint density at radius 2 is 1.00 bits per heavy atom. The van der Waals surface area contributed by atoms with E-state index in [0.717, 1.165) is 11.5 Å². The maximum Gasteiger partial charge on any atom is 0.119 e. The van der Waals surface area contributed by atoms with E-state index in [4.69, 9.17) is 14.2 Å². The van der Waals surface area contributed by atoms with Gasteiger partial charge >= 0.3 is 0 Å². The summed E-state index contributed by atoms with van der Waals surface area (Å²) in [4.78, 5) is 2.47. The first-order chi connectivity index (χ1) is 11.3. The van der Waals surface area contributed by atoms with Crippen LogP contribution in [0.15, 0.2) is 58.3 Å². The van der Waals surface area contributed by atoms with Crippen molar-refractivity contribution in [2.45, 2.75) is 9.79 Å². The normalized spacial score (nSPS) is 10.5. The molecule has 0 spiro atoms. The van der Waals surface area contributed by atoms with Gasteiger partial charge in [0.25, 0.3) is 0 Å². The Labute approximate surface area is 146 Å². The van der Waals surface area contributed by atoms with Crippen LogP contribution in [0.5, 0.6) is 11.5 Å². The summed E-state index contributed by atoms with van der Waals surface area (Å²) < 4.78 is 16.7. The minimum absolute atomic E-state index is 0.543. The topological polar surface area (TPSA) is 27.7 Å². The highest BCUT2D eigenvalue weighted by atomic mass is 32.2. The number of ether oxygens (including phenoxy) is 3. The van der Waals surface area contributed by atoms with Crippen LogP contribution >= 0.6 is 23.5 Å². The third kappa shape index (κ3) is 6.77. The molecule has 2 aromatic rings. The SMILES string of the molecule is CSc1ccc(OCCOCCOc2ccc(SC)cc2)cc1. The van der Waals surface area contributed by atoms with Crippen molar-refractivity contribution < 1.29 is 14.2 Å². The molecule has 2 rings (SSSR count). The quantitative estimate of drug-likeness (QED) is 0.461. The fourth-order valence-electron chi connectivity index (χ4n) is 1.88. The molecule has 0 aliphatic carbocycles. The van der Waals surface area contributed by atoms with E-state index < -0.39 is 0 Å². The second-order valence-electron chi connectivity index (χ2n) is 4.66. The molecule has 5 heteroatoms. The van der Waals surface area contributed by atoms with E-state index in [-0.39, 0.29) is 0 Å². The smallest absolute Gasteiger partial charge is 0.119 e. The molecule has 0 heterocycles. The Bertz CT molecular complexity index is 504. The molecule has 0 N–H and O–H groups in total. The maximum atomic E-state index is 5.62. The zero-order chi connectivity index (χ0) is 16.3. The zero-order valence-corrected chi connectivity index (χ0v) is 15.1. The van der Waals surface area contributed by atoms with Crippen LogP contribution in [0.25, 0.3) is 0 Å². The first kappa shape index (κ1) is 18.0. The Balaban J connectivity index is 1.53. The van der Waals surface area contributed by atoms with E-state index in [1.54, 1.807) is 23.5 Å². The molecule has 0 atom stereocenters. The maximum absolute atomic E-state index is 5.62. The predicted molar refractivity (Wildman–Crippen MR) is 98.3 cm³/mol. The van der Waals surface area contributed by atoms with E-state index in [1.165, 1.54) is 9.79 Å². The van der Waals surface area contributed by atoms with Crippen molar-refractivity contribution in [3.8, 4) is 11.5 Å². The van der Waals surface area contributed by atoms with Gasteiger partial charge in [-0.15, -0.1) is 23.5 Å². The van der Waals surface area contributed by atoms with Crippen LogP contribution < -0.4 is 9.47 Å². The fourth-order valence-corrected chi connectivity index (χ4v) is 2.70. The van der Waals surface area contributed by atoms with Crippen LogP contribution in [0.4, 0.5) is 0 Å². The first-order valence-electron chi connectivity index (χ1n) is 7.43. The molecule has 0 saturated heterocycles. The third-order valence-corrected chi connectivity index (χ3v) is 4.60. The third-order valence-electron chi connectivity index (χ3n) is 3.11. The monoisotopic (exact) mass is 350 g/mol. The highest BCUT2D eigenvalue weighted by Gasteiger charge is 1.97. The van der Waals surface area contributed by atoms with Crippen molar-refractivity contribution in [2.24, 2.45) is 0 Å². The second kappa shape index (κ2) is 10.5. The number of hydrogen-bond donors (Lipinski definition) is 0. The highest BCUT2D eigenvalue weighted by Crippen LogP contribution is 2.19. The van der Waals surface area contributed by atoms with Crippen LogP contribution in [0, 0.1) is 0 Å². The van der Waals surface area contributed by atoms with Gasteiger partial charge in [0.05, 0.1) is 13.2 Å². The molecule has 0 aliphatic heterocycles. The molecule has 0 unspecified atom stereocenters. The fraction of sp³-hybridized carbons (Fsp3) is 0.333. The lowest BCUT2D eigenvalue weighted by Gasteiger charge is -2.09. The van der Waals surface area contributed by atoms with Gasteiger partial charge in [-0.2, -0.15) is 0 Å². The van der Waals surface area contributed by atoms with Gasteiger partial charge < -0.3 is 14.2 Å². The van der Waals surface area contributed by atoms with Crippen LogP contribution in [-0.4, -0.2) is 38.9 Å². The average Bonchev–Trinajstić information content (AvgIpc) is 2.62. The van der Waals surface area contributed by atoms with E-state index in [1.807, 2.05) is 24.3 Å². The molecule has 0 aromatic heterocycles. The molecule has 0 radical (unpaired) electrons. The molecule has 0 bridgehead atoms. The number of benzene rings is 2. The summed E-state index contributed by atoms with van der Waals surface area (Å²) >= 11 is 3.44. The molecule has 23 heavy (non-hydrogen) atoms. The van der Waals surface area contributed by atoms with Crippen molar-refractivity contribution in [2.75, 3.05) is 38.9 Å². The van der Waals surface area contributed by atoms with E-state index in [2.05, 4.69) is 36.8 Å². The molecule has 0 fully saturated rings. The molecule has 3 nitrogen and oxygen atoms in total. The Morgan fingerprint density at radius 1 is 0.609 bits per heavy atom. The van der Waals surface area contributed by atoms with E-state index in [0.29, 0.717) is 26.4 Å². The van der Waals surface area contributed by atoms with Crippen LogP contribution in [0.2, 0.25) is 0 Å². The van der Waals surface area contributed by atoms with Crippen molar-refractivity contribution in [1.82, 2.24) is 0 Å². The lowest BCUT2D eigenvalue weighted by molar-refractivity contribution is 0.0764. The minimum atomic E-state index is 0.543. The van der Waals surface area contributed by atoms with Gasteiger partial charge in [0, 0.05) is 9.79 Å². The lowest BCUT2D eigenvalue weighted by atomic mass is 10.3.